The minimum atomic E-state index is -0.293. The zero-order valence-corrected chi connectivity index (χ0v) is 15.5. The molecule has 4 aromatic rings. The summed E-state index contributed by atoms with van der Waals surface area (Å²) in [5.41, 5.74) is 3.82. The topological polar surface area (TPSA) is 72.7 Å². The fraction of sp³-hybridized carbons (Fsp3) is 0.0909. The predicted octanol–water partition coefficient (Wildman–Crippen LogP) is 3.58. The van der Waals surface area contributed by atoms with Gasteiger partial charge in [-0.25, -0.2) is 4.39 Å². The van der Waals surface area contributed by atoms with Crippen molar-refractivity contribution < 1.29 is 9.18 Å². The maximum absolute atomic E-state index is 13.3. The van der Waals surface area contributed by atoms with Crippen molar-refractivity contribution in [1.82, 2.24) is 25.1 Å². The van der Waals surface area contributed by atoms with Gasteiger partial charge in [0.25, 0.3) is 5.91 Å². The molecule has 4 rings (SSSR count). The van der Waals surface area contributed by atoms with E-state index in [4.69, 9.17) is 0 Å². The highest BCUT2D eigenvalue weighted by Crippen LogP contribution is 2.26. The minimum absolute atomic E-state index is 0.188. The average Bonchev–Trinajstić information content (AvgIpc) is 3.19. The van der Waals surface area contributed by atoms with Crippen molar-refractivity contribution in [1.29, 1.82) is 0 Å². The highest BCUT2D eigenvalue weighted by atomic mass is 19.1. The van der Waals surface area contributed by atoms with E-state index in [-0.39, 0.29) is 11.7 Å². The smallest absolute Gasteiger partial charge is 0.252 e. The van der Waals surface area contributed by atoms with E-state index in [1.54, 1.807) is 42.9 Å². The van der Waals surface area contributed by atoms with Crippen LogP contribution < -0.4 is 5.32 Å². The Bertz CT molecular complexity index is 1100. The lowest BCUT2D eigenvalue weighted by Gasteiger charge is -2.09. The normalized spacial score (nSPS) is 10.7. The predicted molar refractivity (Wildman–Crippen MR) is 107 cm³/mol. The van der Waals surface area contributed by atoms with Crippen molar-refractivity contribution in [3.05, 3.63) is 90.8 Å². The highest BCUT2D eigenvalue weighted by Gasteiger charge is 2.12. The van der Waals surface area contributed by atoms with E-state index in [2.05, 4.69) is 20.4 Å². The molecule has 0 unspecified atom stereocenters. The molecule has 0 radical (unpaired) electrons. The maximum Gasteiger partial charge on any atom is 0.252 e. The fourth-order valence-corrected chi connectivity index (χ4v) is 2.97. The number of aromatic nitrogens is 4. The van der Waals surface area contributed by atoms with Gasteiger partial charge in [0, 0.05) is 42.5 Å². The standard InChI is InChI=1S/C22H18FN5O/c23-19-7-5-16(6-8-19)20-13-21(17-3-1-9-24-14-17)28(27-20)12-11-26-22(29)18-4-2-10-25-15-18/h1-10,13-15H,11-12H2,(H,26,29). The van der Waals surface area contributed by atoms with E-state index in [1.807, 2.05) is 22.9 Å². The largest absolute Gasteiger partial charge is 0.350 e. The SMILES string of the molecule is O=C(NCCn1nc(-c2ccc(F)cc2)cc1-c1cccnc1)c1cccnc1. The van der Waals surface area contributed by atoms with Crippen molar-refractivity contribution in [3.63, 3.8) is 0 Å². The lowest BCUT2D eigenvalue weighted by molar-refractivity contribution is 0.0951. The molecule has 0 aliphatic carbocycles. The van der Waals surface area contributed by atoms with Crippen molar-refractivity contribution in [2.24, 2.45) is 0 Å². The van der Waals surface area contributed by atoms with E-state index < -0.39 is 0 Å². The summed E-state index contributed by atoms with van der Waals surface area (Å²) >= 11 is 0. The van der Waals surface area contributed by atoms with E-state index in [9.17, 15) is 9.18 Å². The van der Waals surface area contributed by atoms with Crippen LogP contribution in [0.5, 0.6) is 0 Å². The molecule has 0 aliphatic heterocycles. The summed E-state index contributed by atoms with van der Waals surface area (Å²) in [6, 6.07) is 15.4. The molecule has 29 heavy (non-hydrogen) atoms. The number of benzene rings is 1. The Morgan fingerprint density at radius 2 is 1.72 bits per heavy atom. The summed E-state index contributed by atoms with van der Waals surface area (Å²) in [7, 11) is 0. The molecule has 1 amide bonds. The molecule has 0 saturated carbocycles. The molecular weight excluding hydrogens is 369 g/mol. The van der Waals surface area contributed by atoms with Crippen LogP contribution in [0.25, 0.3) is 22.5 Å². The monoisotopic (exact) mass is 387 g/mol. The average molecular weight is 387 g/mol. The number of nitrogens with zero attached hydrogens (tertiary/aromatic N) is 4. The van der Waals surface area contributed by atoms with Crippen molar-refractivity contribution in [3.8, 4) is 22.5 Å². The van der Waals surface area contributed by atoms with Crippen LogP contribution in [0.2, 0.25) is 0 Å². The van der Waals surface area contributed by atoms with Crippen molar-refractivity contribution in [2.75, 3.05) is 6.54 Å². The van der Waals surface area contributed by atoms with Crippen LogP contribution in [0.15, 0.2) is 79.4 Å². The summed E-state index contributed by atoms with van der Waals surface area (Å²) in [6.07, 6.45) is 6.62. The van der Waals surface area contributed by atoms with Crippen LogP contribution >= 0.6 is 0 Å². The third-order valence-corrected chi connectivity index (χ3v) is 4.41. The summed E-state index contributed by atoms with van der Waals surface area (Å²) in [5.74, 6) is -0.481. The van der Waals surface area contributed by atoms with Crippen LogP contribution in [0.3, 0.4) is 0 Å². The van der Waals surface area contributed by atoms with Crippen LogP contribution in [0, 0.1) is 5.82 Å². The van der Waals surface area contributed by atoms with E-state index in [0.29, 0.717) is 18.7 Å². The number of rotatable bonds is 6. The third kappa shape index (κ3) is 4.35. The number of halogens is 1. The Morgan fingerprint density at radius 1 is 0.966 bits per heavy atom. The Labute approximate surface area is 167 Å². The molecule has 0 atom stereocenters. The van der Waals surface area contributed by atoms with Gasteiger partial charge in [0.2, 0.25) is 0 Å². The molecule has 144 valence electrons. The molecule has 0 saturated heterocycles. The zero-order chi connectivity index (χ0) is 20.1. The summed E-state index contributed by atoms with van der Waals surface area (Å²) < 4.78 is 15.1. The summed E-state index contributed by atoms with van der Waals surface area (Å²) in [6.45, 7) is 0.864. The number of pyridine rings is 2. The van der Waals surface area contributed by atoms with Gasteiger partial charge in [0.05, 0.1) is 23.5 Å². The second-order valence-electron chi connectivity index (χ2n) is 6.38. The number of hydrogen-bond donors (Lipinski definition) is 1. The lowest BCUT2D eigenvalue weighted by Crippen LogP contribution is -2.27. The van der Waals surface area contributed by atoms with Gasteiger partial charge in [-0.05, 0) is 54.6 Å². The molecule has 0 aliphatic rings. The van der Waals surface area contributed by atoms with E-state index in [0.717, 1.165) is 22.5 Å². The van der Waals surface area contributed by atoms with Gasteiger partial charge in [-0.1, -0.05) is 0 Å². The van der Waals surface area contributed by atoms with Crippen molar-refractivity contribution >= 4 is 5.91 Å². The number of hydrogen-bond acceptors (Lipinski definition) is 4. The van der Waals surface area contributed by atoms with E-state index >= 15 is 0 Å². The molecular formula is C22H18FN5O. The van der Waals surface area contributed by atoms with Gasteiger partial charge < -0.3 is 5.32 Å². The first-order valence-corrected chi connectivity index (χ1v) is 9.13. The van der Waals surface area contributed by atoms with Crippen LogP contribution in [0.4, 0.5) is 4.39 Å². The van der Waals surface area contributed by atoms with Crippen LogP contribution in [0.1, 0.15) is 10.4 Å². The van der Waals surface area contributed by atoms with Gasteiger partial charge in [-0.2, -0.15) is 5.10 Å². The molecule has 3 aromatic heterocycles. The molecule has 0 spiro atoms. The zero-order valence-electron chi connectivity index (χ0n) is 15.5. The van der Waals surface area contributed by atoms with Gasteiger partial charge in [-0.3, -0.25) is 19.4 Å². The number of carbonyl (C=O) groups is 1. The third-order valence-electron chi connectivity index (χ3n) is 4.41. The Balaban J connectivity index is 1.56. The van der Waals surface area contributed by atoms with Gasteiger partial charge >= 0.3 is 0 Å². The first-order chi connectivity index (χ1) is 14.2. The number of amides is 1. The van der Waals surface area contributed by atoms with Gasteiger partial charge in [0.15, 0.2) is 0 Å². The Hall–Kier alpha value is -3.87. The van der Waals surface area contributed by atoms with Crippen LogP contribution in [-0.4, -0.2) is 32.2 Å². The van der Waals surface area contributed by atoms with Crippen molar-refractivity contribution in [2.45, 2.75) is 6.54 Å². The first kappa shape index (κ1) is 18.5. The second-order valence-corrected chi connectivity index (χ2v) is 6.38. The molecule has 6 nitrogen and oxygen atoms in total. The van der Waals surface area contributed by atoms with Gasteiger partial charge in [-0.15, -0.1) is 0 Å². The molecule has 0 fully saturated rings. The molecule has 3 heterocycles. The Kier molecular flexibility index (Phi) is 5.38. The lowest BCUT2D eigenvalue weighted by atomic mass is 10.1. The fourth-order valence-electron chi connectivity index (χ4n) is 2.97. The van der Waals surface area contributed by atoms with Gasteiger partial charge in [0.1, 0.15) is 5.82 Å². The minimum Gasteiger partial charge on any atom is -0.350 e. The highest BCUT2D eigenvalue weighted by molar-refractivity contribution is 5.93. The second kappa shape index (κ2) is 8.43. The van der Waals surface area contributed by atoms with Crippen LogP contribution in [-0.2, 0) is 6.54 Å². The number of carbonyl (C=O) groups excluding carboxylic acids is 1. The molecule has 0 bridgehead atoms. The molecule has 7 heteroatoms. The van der Waals surface area contributed by atoms with E-state index in [1.165, 1.54) is 18.3 Å². The maximum atomic E-state index is 13.3. The quantitative estimate of drug-likeness (QED) is 0.549. The first-order valence-electron chi connectivity index (χ1n) is 9.13. The number of nitrogens with one attached hydrogen (secondary N) is 1. The Morgan fingerprint density at radius 3 is 2.41 bits per heavy atom. The summed E-state index contributed by atoms with van der Waals surface area (Å²) in [4.78, 5) is 20.4. The molecule has 1 aromatic carbocycles. The summed E-state index contributed by atoms with van der Waals surface area (Å²) in [5, 5.41) is 7.54. The molecule has 1 N–H and O–H groups in total.